The number of hydrazine groups is 1. The number of hydrogen-bond donors (Lipinski definition) is 2. The molecule has 2 nitrogen and oxygen atoms in total. The molecule has 0 aliphatic rings. The van der Waals surface area contributed by atoms with E-state index in [1.54, 1.807) is 0 Å². The monoisotopic (exact) mass is 276 g/mol. The molecular formula is C13H19ClF2N2. The standard InChI is InChI=1S/C13H19ClF2N2/c1-3-4-8(2)5-13(18-17)9-6-12(16)10(14)7-11(9)15/h6-8,13,18H,3-5,17H2,1-2H3. The normalized spacial score (nSPS) is 14.6. The predicted molar refractivity (Wildman–Crippen MR) is 70.1 cm³/mol. The van der Waals surface area contributed by atoms with E-state index in [2.05, 4.69) is 19.3 Å². The van der Waals surface area contributed by atoms with Gasteiger partial charge in [0.2, 0.25) is 0 Å². The van der Waals surface area contributed by atoms with Crippen molar-refractivity contribution in [2.45, 2.75) is 39.2 Å². The van der Waals surface area contributed by atoms with Gasteiger partial charge in [0.15, 0.2) is 0 Å². The minimum absolute atomic E-state index is 0.214. The molecule has 0 saturated carbocycles. The van der Waals surface area contributed by atoms with Crippen LogP contribution < -0.4 is 11.3 Å². The Kier molecular flexibility index (Phi) is 5.99. The molecule has 3 N–H and O–H groups in total. The Bertz CT molecular complexity index is 399. The van der Waals surface area contributed by atoms with Crippen molar-refractivity contribution in [1.29, 1.82) is 0 Å². The Labute approximate surface area is 111 Å². The lowest BCUT2D eigenvalue weighted by Gasteiger charge is -2.21. The van der Waals surface area contributed by atoms with Crippen molar-refractivity contribution in [3.8, 4) is 0 Å². The minimum Gasteiger partial charge on any atom is -0.271 e. The van der Waals surface area contributed by atoms with E-state index in [1.807, 2.05) is 0 Å². The molecule has 1 rings (SSSR count). The van der Waals surface area contributed by atoms with E-state index < -0.39 is 17.7 Å². The molecule has 1 aromatic rings. The summed E-state index contributed by atoms with van der Waals surface area (Å²) in [6.45, 7) is 4.15. The first-order valence-electron chi connectivity index (χ1n) is 6.10. The quantitative estimate of drug-likeness (QED) is 0.469. The molecule has 2 unspecified atom stereocenters. The lowest BCUT2D eigenvalue weighted by atomic mass is 9.93. The van der Waals surface area contributed by atoms with E-state index in [4.69, 9.17) is 17.4 Å². The van der Waals surface area contributed by atoms with Gasteiger partial charge >= 0.3 is 0 Å². The number of nitrogens with two attached hydrogens (primary N) is 1. The van der Waals surface area contributed by atoms with Crippen molar-refractivity contribution in [1.82, 2.24) is 5.43 Å². The molecule has 0 amide bonds. The number of benzene rings is 1. The molecule has 0 aliphatic heterocycles. The molecule has 0 fully saturated rings. The van der Waals surface area contributed by atoms with E-state index in [9.17, 15) is 8.78 Å². The molecular weight excluding hydrogens is 258 g/mol. The fraction of sp³-hybridized carbons (Fsp3) is 0.538. The zero-order valence-electron chi connectivity index (χ0n) is 10.6. The Morgan fingerprint density at radius 2 is 2.00 bits per heavy atom. The number of rotatable bonds is 6. The van der Waals surface area contributed by atoms with Gasteiger partial charge in [0.25, 0.3) is 0 Å². The average molecular weight is 277 g/mol. The van der Waals surface area contributed by atoms with E-state index in [0.717, 1.165) is 25.0 Å². The van der Waals surface area contributed by atoms with Gasteiger partial charge in [-0.05, 0) is 24.5 Å². The van der Waals surface area contributed by atoms with Crippen molar-refractivity contribution < 1.29 is 8.78 Å². The van der Waals surface area contributed by atoms with E-state index in [-0.39, 0.29) is 10.6 Å². The zero-order valence-corrected chi connectivity index (χ0v) is 11.4. The SMILES string of the molecule is CCCC(C)CC(NN)c1cc(F)c(Cl)cc1F. The Morgan fingerprint density at radius 1 is 1.33 bits per heavy atom. The van der Waals surface area contributed by atoms with Crippen LogP contribution in [0.2, 0.25) is 5.02 Å². The van der Waals surface area contributed by atoms with Gasteiger partial charge in [-0.3, -0.25) is 11.3 Å². The van der Waals surface area contributed by atoms with Crippen molar-refractivity contribution in [2.75, 3.05) is 0 Å². The van der Waals surface area contributed by atoms with Crippen LogP contribution in [-0.4, -0.2) is 0 Å². The van der Waals surface area contributed by atoms with Gasteiger partial charge in [-0.1, -0.05) is 38.3 Å². The maximum Gasteiger partial charge on any atom is 0.142 e. The predicted octanol–water partition coefficient (Wildman–Crippen LogP) is 3.95. The van der Waals surface area contributed by atoms with Gasteiger partial charge < -0.3 is 0 Å². The van der Waals surface area contributed by atoms with E-state index in [1.165, 1.54) is 0 Å². The Balaban J connectivity index is 2.91. The summed E-state index contributed by atoms with van der Waals surface area (Å²) >= 11 is 5.52. The topological polar surface area (TPSA) is 38.0 Å². The van der Waals surface area contributed by atoms with Crippen LogP contribution in [-0.2, 0) is 0 Å². The van der Waals surface area contributed by atoms with Gasteiger partial charge in [-0.25, -0.2) is 8.78 Å². The number of hydrogen-bond acceptors (Lipinski definition) is 2. The summed E-state index contributed by atoms with van der Waals surface area (Å²) in [4.78, 5) is 0. The first kappa shape index (κ1) is 15.3. The molecule has 102 valence electrons. The zero-order chi connectivity index (χ0) is 13.7. The Morgan fingerprint density at radius 3 is 2.56 bits per heavy atom. The maximum absolute atomic E-state index is 13.8. The lowest BCUT2D eigenvalue weighted by molar-refractivity contribution is 0.384. The maximum atomic E-state index is 13.8. The third kappa shape index (κ3) is 3.90. The van der Waals surface area contributed by atoms with Gasteiger partial charge in [0.1, 0.15) is 11.6 Å². The largest absolute Gasteiger partial charge is 0.271 e. The molecule has 0 heterocycles. The number of halogens is 3. The first-order valence-corrected chi connectivity index (χ1v) is 6.47. The molecule has 0 saturated heterocycles. The average Bonchev–Trinajstić information content (AvgIpc) is 2.31. The fourth-order valence-electron chi connectivity index (χ4n) is 2.10. The van der Waals surface area contributed by atoms with Crippen LogP contribution in [0.4, 0.5) is 8.78 Å². The van der Waals surface area contributed by atoms with Gasteiger partial charge in [0, 0.05) is 11.6 Å². The summed E-state index contributed by atoms with van der Waals surface area (Å²) in [6, 6.07) is 1.69. The van der Waals surface area contributed by atoms with Crippen LogP contribution in [0.25, 0.3) is 0 Å². The summed E-state index contributed by atoms with van der Waals surface area (Å²) < 4.78 is 27.1. The van der Waals surface area contributed by atoms with Crippen molar-refractivity contribution >= 4 is 11.6 Å². The first-order chi connectivity index (χ1) is 8.49. The molecule has 0 aliphatic carbocycles. The van der Waals surface area contributed by atoms with E-state index >= 15 is 0 Å². The smallest absolute Gasteiger partial charge is 0.142 e. The highest BCUT2D eigenvalue weighted by Crippen LogP contribution is 2.28. The Hall–Kier alpha value is -0.710. The molecule has 5 heteroatoms. The van der Waals surface area contributed by atoms with Crippen LogP contribution in [0.1, 0.15) is 44.7 Å². The lowest BCUT2D eigenvalue weighted by Crippen LogP contribution is -2.30. The van der Waals surface area contributed by atoms with Crippen molar-refractivity contribution in [3.63, 3.8) is 0 Å². The molecule has 18 heavy (non-hydrogen) atoms. The summed E-state index contributed by atoms with van der Waals surface area (Å²) in [6.07, 6.45) is 2.73. The summed E-state index contributed by atoms with van der Waals surface area (Å²) in [5.74, 6) is 4.66. The van der Waals surface area contributed by atoms with Crippen LogP contribution >= 0.6 is 11.6 Å². The molecule has 0 aromatic heterocycles. The molecule has 2 atom stereocenters. The summed E-state index contributed by atoms with van der Waals surface area (Å²) in [7, 11) is 0. The highest BCUT2D eigenvalue weighted by Gasteiger charge is 2.19. The highest BCUT2D eigenvalue weighted by molar-refractivity contribution is 6.30. The van der Waals surface area contributed by atoms with Crippen molar-refractivity contribution in [2.24, 2.45) is 11.8 Å². The van der Waals surface area contributed by atoms with E-state index in [0.29, 0.717) is 12.3 Å². The number of nitrogens with one attached hydrogen (secondary N) is 1. The fourth-order valence-corrected chi connectivity index (χ4v) is 2.25. The van der Waals surface area contributed by atoms with Gasteiger partial charge in [-0.2, -0.15) is 0 Å². The second-order valence-electron chi connectivity index (χ2n) is 4.64. The molecule has 0 radical (unpaired) electrons. The minimum atomic E-state index is -0.628. The van der Waals surface area contributed by atoms with Crippen molar-refractivity contribution in [3.05, 3.63) is 34.4 Å². The van der Waals surface area contributed by atoms with Crippen LogP contribution in [0.3, 0.4) is 0 Å². The second-order valence-corrected chi connectivity index (χ2v) is 5.04. The molecule has 0 spiro atoms. The highest BCUT2D eigenvalue weighted by atomic mass is 35.5. The van der Waals surface area contributed by atoms with Crippen LogP contribution in [0.15, 0.2) is 12.1 Å². The van der Waals surface area contributed by atoms with Gasteiger partial charge in [0.05, 0.1) is 5.02 Å². The molecule has 0 bridgehead atoms. The third-order valence-corrected chi connectivity index (χ3v) is 3.33. The summed E-state index contributed by atoms with van der Waals surface area (Å²) in [5, 5.41) is -0.214. The van der Waals surface area contributed by atoms with Crippen LogP contribution in [0.5, 0.6) is 0 Å². The molecule has 1 aromatic carbocycles. The van der Waals surface area contributed by atoms with Crippen LogP contribution in [0, 0.1) is 17.6 Å². The van der Waals surface area contributed by atoms with Gasteiger partial charge in [-0.15, -0.1) is 0 Å². The summed E-state index contributed by atoms with van der Waals surface area (Å²) in [5.41, 5.74) is 2.77. The second kappa shape index (κ2) is 7.02. The third-order valence-electron chi connectivity index (χ3n) is 3.04.